The topological polar surface area (TPSA) is 75.5 Å². The average Bonchev–Trinajstić information content (AvgIpc) is 3.15. The monoisotopic (exact) mass is 445 g/mol. The summed E-state index contributed by atoms with van der Waals surface area (Å²) in [5, 5.41) is 9.78. The zero-order valence-electron chi connectivity index (χ0n) is 18.6. The largest absolute Gasteiger partial charge is 0.494 e. The Morgan fingerprint density at radius 2 is 2.16 bits per heavy atom. The Hall–Kier alpha value is -2.34. The minimum absolute atomic E-state index is 0.108. The SMILES string of the molecule is CCCN(CCCOc1ccc2c(c1)CC[C@H]2C(CC)C(=O)O)c1nc(Cl)ncc1C. The zero-order chi connectivity index (χ0) is 22.4. The molecule has 31 heavy (non-hydrogen) atoms. The molecule has 1 N–H and O–H groups in total. The van der Waals surface area contributed by atoms with Crippen LogP contribution in [0.3, 0.4) is 0 Å². The van der Waals surface area contributed by atoms with Crippen molar-refractivity contribution in [3.8, 4) is 5.75 Å². The molecular formula is C24H32ClN3O3. The van der Waals surface area contributed by atoms with Crippen LogP contribution in [-0.2, 0) is 11.2 Å². The van der Waals surface area contributed by atoms with Crippen molar-refractivity contribution < 1.29 is 14.6 Å². The fourth-order valence-electron chi connectivity index (χ4n) is 4.54. The van der Waals surface area contributed by atoms with Crippen molar-refractivity contribution in [3.05, 3.63) is 46.4 Å². The van der Waals surface area contributed by atoms with Crippen LogP contribution in [0.5, 0.6) is 5.75 Å². The zero-order valence-corrected chi connectivity index (χ0v) is 19.4. The van der Waals surface area contributed by atoms with E-state index in [1.54, 1.807) is 6.20 Å². The van der Waals surface area contributed by atoms with E-state index < -0.39 is 5.97 Å². The van der Waals surface area contributed by atoms with Crippen molar-refractivity contribution in [2.24, 2.45) is 5.92 Å². The fraction of sp³-hybridized carbons (Fsp3) is 0.542. The van der Waals surface area contributed by atoms with Crippen LogP contribution in [-0.4, -0.2) is 40.7 Å². The van der Waals surface area contributed by atoms with Gasteiger partial charge in [0.1, 0.15) is 11.6 Å². The number of hydrogen-bond donors (Lipinski definition) is 1. The van der Waals surface area contributed by atoms with Gasteiger partial charge in [-0.1, -0.05) is 19.9 Å². The first-order valence-corrected chi connectivity index (χ1v) is 11.5. The van der Waals surface area contributed by atoms with Gasteiger partial charge >= 0.3 is 5.97 Å². The van der Waals surface area contributed by atoms with Crippen LogP contribution in [0.2, 0.25) is 5.28 Å². The maximum atomic E-state index is 11.6. The first-order chi connectivity index (χ1) is 14.9. The van der Waals surface area contributed by atoms with Gasteiger partial charge in [0.25, 0.3) is 0 Å². The number of carboxylic acids is 1. The Kier molecular flexibility index (Phi) is 8.13. The van der Waals surface area contributed by atoms with E-state index in [2.05, 4.69) is 33.9 Å². The first kappa shape index (κ1) is 23.3. The molecule has 0 bridgehead atoms. The molecule has 7 heteroatoms. The molecule has 1 aromatic carbocycles. The number of halogens is 1. The van der Waals surface area contributed by atoms with Crippen LogP contribution in [0, 0.1) is 12.8 Å². The molecule has 3 rings (SSSR count). The molecule has 0 saturated carbocycles. The Balaban J connectivity index is 1.57. The van der Waals surface area contributed by atoms with Crippen molar-refractivity contribution in [1.29, 1.82) is 0 Å². The van der Waals surface area contributed by atoms with Gasteiger partial charge in [0.2, 0.25) is 5.28 Å². The first-order valence-electron chi connectivity index (χ1n) is 11.2. The summed E-state index contributed by atoms with van der Waals surface area (Å²) >= 11 is 6.00. The molecule has 6 nitrogen and oxygen atoms in total. The molecule has 0 aliphatic heterocycles. The number of aromatic nitrogens is 2. The second-order valence-corrected chi connectivity index (χ2v) is 8.53. The minimum atomic E-state index is -0.697. The quantitative estimate of drug-likeness (QED) is 0.375. The number of aryl methyl sites for hydroxylation is 2. The molecule has 1 unspecified atom stereocenters. The molecule has 1 aliphatic rings. The van der Waals surface area contributed by atoms with Gasteiger partial charge in [-0.2, -0.15) is 0 Å². The van der Waals surface area contributed by atoms with Gasteiger partial charge < -0.3 is 14.7 Å². The highest BCUT2D eigenvalue weighted by Crippen LogP contribution is 2.41. The molecule has 168 valence electrons. The van der Waals surface area contributed by atoms with Gasteiger partial charge in [-0.3, -0.25) is 4.79 Å². The van der Waals surface area contributed by atoms with Crippen molar-refractivity contribution in [2.45, 2.75) is 58.8 Å². The summed E-state index contributed by atoms with van der Waals surface area (Å²) in [7, 11) is 0. The van der Waals surface area contributed by atoms with Crippen molar-refractivity contribution >= 4 is 23.4 Å². The van der Waals surface area contributed by atoms with Crippen molar-refractivity contribution in [1.82, 2.24) is 9.97 Å². The number of carboxylic acid groups (broad SMARTS) is 1. The predicted molar refractivity (Wildman–Crippen MR) is 123 cm³/mol. The molecular weight excluding hydrogens is 414 g/mol. The molecule has 2 atom stereocenters. The van der Waals surface area contributed by atoms with Gasteiger partial charge in [-0.05, 0) is 79.8 Å². The normalized spacial score (nSPS) is 16.1. The minimum Gasteiger partial charge on any atom is -0.494 e. The number of aliphatic carboxylic acids is 1. The number of carbonyl (C=O) groups is 1. The number of anilines is 1. The third kappa shape index (κ3) is 5.67. The van der Waals surface area contributed by atoms with Crippen LogP contribution in [0.25, 0.3) is 0 Å². The van der Waals surface area contributed by atoms with Gasteiger partial charge in [0.15, 0.2) is 0 Å². The van der Waals surface area contributed by atoms with Gasteiger partial charge in [-0.25, -0.2) is 9.97 Å². The van der Waals surface area contributed by atoms with E-state index in [0.717, 1.165) is 55.9 Å². The molecule has 0 amide bonds. The highest BCUT2D eigenvalue weighted by molar-refractivity contribution is 6.28. The summed E-state index contributed by atoms with van der Waals surface area (Å²) < 4.78 is 6.02. The van der Waals surface area contributed by atoms with Crippen LogP contribution in [0.4, 0.5) is 5.82 Å². The summed E-state index contributed by atoms with van der Waals surface area (Å²) in [5.74, 6) is 0.839. The van der Waals surface area contributed by atoms with E-state index in [1.165, 1.54) is 11.1 Å². The Bertz CT molecular complexity index is 906. The third-order valence-corrected chi connectivity index (χ3v) is 6.21. The van der Waals surface area contributed by atoms with Crippen LogP contribution >= 0.6 is 11.6 Å². The summed E-state index contributed by atoms with van der Waals surface area (Å²) in [6, 6.07) is 6.12. The summed E-state index contributed by atoms with van der Waals surface area (Å²) in [6.45, 7) is 8.42. The van der Waals surface area contributed by atoms with E-state index in [4.69, 9.17) is 16.3 Å². The summed E-state index contributed by atoms with van der Waals surface area (Å²) in [5.41, 5.74) is 3.41. The molecule has 0 saturated heterocycles. The molecule has 0 fully saturated rings. The number of rotatable bonds is 11. The molecule has 1 heterocycles. The number of nitrogens with zero attached hydrogens (tertiary/aromatic N) is 3. The third-order valence-electron chi connectivity index (χ3n) is 6.03. The van der Waals surface area contributed by atoms with E-state index in [0.29, 0.717) is 13.0 Å². The van der Waals surface area contributed by atoms with Crippen molar-refractivity contribution in [3.63, 3.8) is 0 Å². The van der Waals surface area contributed by atoms with E-state index in [-0.39, 0.29) is 17.1 Å². The Morgan fingerprint density at radius 3 is 2.87 bits per heavy atom. The summed E-state index contributed by atoms with van der Waals surface area (Å²) in [4.78, 5) is 22.3. The Morgan fingerprint density at radius 1 is 1.35 bits per heavy atom. The van der Waals surface area contributed by atoms with E-state index in [1.807, 2.05) is 19.9 Å². The van der Waals surface area contributed by atoms with Gasteiger partial charge in [-0.15, -0.1) is 0 Å². The molecule has 0 radical (unpaired) electrons. The maximum absolute atomic E-state index is 11.6. The second-order valence-electron chi connectivity index (χ2n) is 8.19. The molecule has 2 aromatic rings. The Labute approximate surface area is 189 Å². The van der Waals surface area contributed by atoms with E-state index >= 15 is 0 Å². The average molecular weight is 446 g/mol. The summed E-state index contributed by atoms with van der Waals surface area (Å²) in [6.07, 6.45) is 6.11. The standard InChI is InChI=1S/C24H32ClN3O3/c1-4-11-28(22-16(3)15-26-24(25)27-22)12-6-13-31-18-8-10-20-17(14-18)7-9-21(20)19(5-2)23(29)30/h8,10,14-15,19,21H,4-7,9,11-13H2,1-3H3,(H,29,30)/t19?,21-/m0/s1. The lowest BCUT2D eigenvalue weighted by Crippen LogP contribution is -2.28. The lowest BCUT2D eigenvalue weighted by atomic mass is 9.85. The van der Waals surface area contributed by atoms with E-state index in [9.17, 15) is 9.90 Å². The molecule has 1 aromatic heterocycles. The number of ether oxygens (including phenoxy) is 1. The van der Waals surface area contributed by atoms with Crippen LogP contribution in [0.15, 0.2) is 24.4 Å². The highest BCUT2D eigenvalue weighted by Gasteiger charge is 2.33. The molecule has 1 aliphatic carbocycles. The number of hydrogen-bond acceptors (Lipinski definition) is 5. The number of benzene rings is 1. The lowest BCUT2D eigenvalue weighted by molar-refractivity contribution is -0.142. The maximum Gasteiger partial charge on any atom is 0.307 e. The van der Waals surface area contributed by atoms with Gasteiger partial charge in [0, 0.05) is 24.8 Å². The molecule has 0 spiro atoms. The second kappa shape index (κ2) is 10.8. The van der Waals surface area contributed by atoms with Gasteiger partial charge in [0.05, 0.1) is 12.5 Å². The van der Waals surface area contributed by atoms with Crippen LogP contribution < -0.4 is 9.64 Å². The van der Waals surface area contributed by atoms with Crippen molar-refractivity contribution in [2.75, 3.05) is 24.6 Å². The predicted octanol–water partition coefficient (Wildman–Crippen LogP) is 5.26. The lowest BCUT2D eigenvalue weighted by Gasteiger charge is -2.24. The number of fused-ring (bicyclic) bond motifs is 1. The highest BCUT2D eigenvalue weighted by atomic mass is 35.5. The van der Waals surface area contributed by atoms with Crippen LogP contribution in [0.1, 0.15) is 62.1 Å². The smallest absolute Gasteiger partial charge is 0.307 e. The fourth-order valence-corrected chi connectivity index (χ4v) is 4.67.